The molecule has 0 saturated heterocycles. The van der Waals surface area contributed by atoms with Gasteiger partial charge < -0.3 is 15.2 Å². The Hall–Kier alpha value is -1.97. The first-order valence-corrected chi connectivity index (χ1v) is 5.85. The molecule has 0 saturated carbocycles. The minimum absolute atomic E-state index is 0.0820. The van der Waals surface area contributed by atoms with Gasteiger partial charge in [-0.1, -0.05) is 6.07 Å². The molecule has 1 aromatic carbocycles. The molecule has 2 rings (SSSR count). The Bertz CT molecular complexity index is 494. The van der Waals surface area contributed by atoms with E-state index in [-0.39, 0.29) is 11.7 Å². The summed E-state index contributed by atoms with van der Waals surface area (Å²) in [6, 6.07) is 5.72. The van der Waals surface area contributed by atoms with Gasteiger partial charge in [0.05, 0.1) is 14.2 Å². The van der Waals surface area contributed by atoms with Crippen LogP contribution in [0.4, 0.5) is 0 Å². The van der Waals surface area contributed by atoms with E-state index in [4.69, 9.17) is 15.2 Å². The van der Waals surface area contributed by atoms with Gasteiger partial charge in [-0.2, -0.15) is 0 Å². The lowest BCUT2D eigenvalue weighted by Crippen LogP contribution is -2.16. The van der Waals surface area contributed by atoms with Crippen molar-refractivity contribution in [1.82, 2.24) is 0 Å². The lowest BCUT2D eigenvalue weighted by molar-refractivity contribution is -0.115. The largest absolute Gasteiger partial charge is 0.493 e. The minimum Gasteiger partial charge on any atom is -0.493 e. The van der Waals surface area contributed by atoms with Gasteiger partial charge in [0.1, 0.15) is 0 Å². The van der Waals surface area contributed by atoms with Gasteiger partial charge in [0.15, 0.2) is 17.3 Å². The van der Waals surface area contributed by atoms with Crippen molar-refractivity contribution < 1.29 is 14.3 Å². The normalized spacial score (nSPS) is 19.3. The van der Waals surface area contributed by atoms with Crippen LogP contribution in [0.1, 0.15) is 24.3 Å². The molecular weight excluding hydrogens is 230 g/mol. The number of carbonyl (C=O) groups excluding carboxylic acids is 1. The highest BCUT2D eigenvalue weighted by Gasteiger charge is 2.21. The van der Waals surface area contributed by atoms with Crippen molar-refractivity contribution in [2.75, 3.05) is 14.2 Å². The maximum Gasteiger partial charge on any atom is 0.160 e. The minimum atomic E-state index is 0.0820. The van der Waals surface area contributed by atoms with E-state index in [0.29, 0.717) is 30.0 Å². The predicted molar refractivity (Wildman–Crippen MR) is 68.8 cm³/mol. The molecule has 1 unspecified atom stereocenters. The second-order valence-corrected chi connectivity index (χ2v) is 4.41. The Morgan fingerprint density at radius 1 is 1.17 bits per heavy atom. The molecule has 4 nitrogen and oxygen atoms in total. The monoisotopic (exact) mass is 247 g/mol. The molecule has 1 atom stereocenters. The van der Waals surface area contributed by atoms with Crippen LogP contribution in [-0.2, 0) is 4.79 Å². The summed E-state index contributed by atoms with van der Waals surface area (Å²) >= 11 is 0. The molecule has 0 aliphatic heterocycles. The van der Waals surface area contributed by atoms with Gasteiger partial charge in [-0.3, -0.25) is 4.79 Å². The van der Waals surface area contributed by atoms with Crippen LogP contribution in [0.15, 0.2) is 30.0 Å². The van der Waals surface area contributed by atoms with Crippen molar-refractivity contribution in [3.63, 3.8) is 0 Å². The molecule has 1 aliphatic rings. The van der Waals surface area contributed by atoms with Gasteiger partial charge in [0, 0.05) is 12.1 Å². The van der Waals surface area contributed by atoms with E-state index in [2.05, 4.69) is 0 Å². The first-order chi connectivity index (χ1) is 8.63. The van der Waals surface area contributed by atoms with E-state index >= 15 is 0 Å². The third kappa shape index (κ3) is 2.47. The highest BCUT2D eigenvalue weighted by Crippen LogP contribution is 2.35. The fourth-order valence-electron chi connectivity index (χ4n) is 2.27. The molecule has 0 amide bonds. The van der Waals surface area contributed by atoms with E-state index in [9.17, 15) is 4.79 Å². The summed E-state index contributed by atoms with van der Waals surface area (Å²) < 4.78 is 10.5. The first-order valence-electron chi connectivity index (χ1n) is 5.85. The second kappa shape index (κ2) is 5.12. The Kier molecular flexibility index (Phi) is 3.55. The SMILES string of the molecule is COc1ccc(C2CC(=O)C=C(N)C2)cc1OC. The van der Waals surface area contributed by atoms with Gasteiger partial charge in [-0.25, -0.2) is 0 Å². The van der Waals surface area contributed by atoms with Crippen molar-refractivity contribution in [3.05, 3.63) is 35.5 Å². The van der Waals surface area contributed by atoms with E-state index in [0.717, 1.165) is 5.56 Å². The molecule has 4 heteroatoms. The number of allylic oxidation sites excluding steroid dienone is 2. The number of benzene rings is 1. The molecule has 0 bridgehead atoms. The number of methoxy groups -OCH3 is 2. The lowest BCUT2D eigenvalue weighted by atomic mass is 9.85. The topological polar surface area (TPSA) is 61.5 Å². The lowest BCUT2D eigenvalue weighted by Gasteiger charge is -2.21. The van der Waals surface area contributed by atoms with Gasteiger partial charge >= 0.3 is 0 Å². The summed E-state index contributed by atoms with van der Waals surface area (Å²) in [4.78, 5) is 11.5. The number of ketones is 1. The molecule has 1 aliphatic carbocycles. The van der Waals surface area contributed by atoms with Gasteiger partial charge in [0.25, 0.3) is 0 Å². The van der Waals surface area contributed by atoms with Gasteiger partial charge in [-0.05, 0) is 36.1 Å². The molecule has 0 aromatic heterocycles. The average molecular weight is 247 g/mol. The summed E-state index contributed by atoms with van der Waals surface area (Å²) in [5, 5.41) is 0. The Morgan fingerprint density at radius 2 is 1.89 bits per heavy atom. The zero-order valence-electron chi connectivity index (χ0n) is 10.6. The summed E-state index contributed by atoms with van der Waals surface area (Å²) in [6.07, 6.45) is 2.73. The average Bonchev–Trinajstić information content (AvgIpc) is 2.36. The summed E-state index contributed by atoms with van der Waals surface area (Å²) in [7, 11) is 3.20. The van der Waals surface area contributed by atoms with Crippen LogP contribution in [-0.4, -0.2) is 20.0 Å². The number of hydrogen-bond acceptors (Lipinski definition) is 4. The van der Waals surface area contributed by atoms with Gasteiger partial charge in [0.2, 0.25) is 0 Å². The van der Waals surface area contributed by atoms with Crippen molar-refractivity contribution >= 4 is 5.78 Å². The maximum atomic E-state index is 11.5. The zero-order valence-corrected chi connectivity index (χ0v) is 10.6. The van der Waals surface area contributed by atoms with Gasteiger partial charge in [-0.15, -0.1) is 0 Å². The molecule has 0 fully saturated rings. The van der Waals surface area contributed by atoms with Crippen molar-refractivity contribution in [2.24, 2.45) is 5.73 Å². The molecular formula is C14H17NO3. The van der Waals surface area contributed by atoms with Crippen molar-refractivity contribution in [3.8, 4) is 11.5 Å². The first kappa shape index (κ1) is 12.5. The maximum absolute atomic E-state index is 11.5. The van der Waals surface area contributed by atoms with E-state index < -0.39 is 0 Å². The Balaban J connectivity index is 2.29. The molecule has 2 N–H and O–H groups in total. The van der Waals surface area contributed by atoms with Crippen LogP contribution in [0, 0.1) is 0 Å². The van der Waals surface area contributed by atoms with Crippen LogP contribution in [0.3, 0.4) is 0 Å². The molecule has 0 heterocycles. The zero-order chi connectivity index (χ0) is 13.1. The smallest absolute Gasteiger partial charge is 0.160 e. The number of ether oxygens (including phenoxy) is 2. The highest BCUT2D eigenvalue weighted by molar-refractivity contribution is 5.91. The van der Waals surface area contributed by atoms with E-state index in [1.807, 2.05) is 18.2 Å². The Labute approximate surface area is 106 Å². The van der Waals surface area contributed by atoms with Crippen LogP contribution >= 0.6 is 0 Å². The Morgan fingerprint density at radius 3 is 2.50 bits per heavy atom. The molecule has 1 aromatic rings. The second-order valence-electron chi connectivity index (χ2n) is 4.41. The summed E-state index contributed by atoms with van der Waals surface area (Å²) in [5.41, 5.74) is 7.46. The number of nitrogens with two attached hydrogens (primary N) is 1. The third-order valence-electron chi connectivity index (χ3n) is 3.16. The van der Waals surface area contributed by atoms with E-state index in [1.54, 1.807) is 14.2 Å². The van der Waals surface area contributed by atoms with E-state index in [1.165, 1.54) is 6.08 Å². The highest BCUT2D eigenvalue weighted by atomic mass is 16.5. The van der Waals surface area contributed by atoms with Crippen LogP contribution in [0.2, 0.25) is 0 Å². The molecule has 0 radical (unpaired) electrons. The summed E-state index contributed by atoms with van der Waals surface area (Å²) in [5.74, 6) is 1.57. The van der Waals surface area contributed by atoms with Crippen molar-refractivity contribution in [1.29, 1.82) is 0 Å². The molecule has 0 spiro atoms. The fraction of sp³-hybridized carbons (Fsp3) is 0.357. The summed E-state index contributed by atoms with van der Waals surface area (Å²) in [6.45, 7) is 0. The van der Waals surface area contributed by atoms with Crippen LogP contribution in [0.5, 0.6) is 11.5 Å². The molecule has 96 valence electrons. The van der Waals surface area contributed by atoms with Crippen LogP contribution in [0.25, 0.3) is 0 Å². The number of hydrogen-bond donors (Lipinski definition) is 1. The standard InChI is InChI=1S/C14H17NO3/c1-17-13-4-3-9(7-14(13)18-2)10-5-11(15)8-12(16)6-10/h3-4,7-8,10H,5-6,15H2,1-2H3. The molecule has 18 heavy (non-hydrogen) atoms. The third-order valence-corrected chi connectivity index (χ3v) is 3.16. The number of rotatable bonds is 3. The fourth-order valence-corrected chi connectivity index (χ4v) is 2.27. The number of carbonyl (C=O) groups is 1. The predicted octanol–water partition coefficient (Wildman–Crippen LogP) is 1.99. The van der Waals surface area contributed by atoms with Crippen LogP contribution < -0.4 is 15.2 Å². The van der Waals surface area contributed by atoms with Crippen molar-refractivity contribution in [2.45, 2.75) is 18.8 Å². The quantitative estimate of drug-likeness (QED) is 0.887.